The molecule has 3 aliphatic carbocycles. The number of aliphatic hydroxyl groups is 1. The van der Waals surface area contributed by atoms with Gasteiger partial charge in [-0.2, -0.15) is 26.3 Å². The number of carbonyl (C=O) groups excluding carboxylic acids is 4. The number of esters is 3. The number of hydrogen-bond acceptors (Lipinski definition) is 20. The van der Waals surface area contributed by atoms with Crippen LogP contribution in [0.3, 0.4) is 0 Å². The fourth-order valence-corrected chi connectivity index (χ4v) is 16.5. The summed E-state index contributed by atoms with van der Waals surface area (Å²) in [7, 11) is 4.10. The van der Waals surface area contributed by atoms with Gasteiger partial charge in [-0.25, -0.2) is 44.3 Å². The van der Waals surface area contributed by atoms with E-state index in [-0.39, 0.29) is 29.7 Å². The Kier molecular flexibility index (Phi) is 30.9. The number of Topliss-reactive ketones (excluding diaryl/α,β-unsaturated/α-hetero) is 1. The minimum atomic E-state index is -4.94. The van der Waals surface area contributed by atoms with Crippen LogP contribution in [-0.4, -0.2) is 191 Å². The SMILES string of the molecule is COC(=O)c1ccc2c(c1)Cc1nc(Cc3cccc(Br)c3)nc(NCCCN3CCCCC3)c1-2.COC(=O)c1ccc2c(c1)Cc1nc(Cc3cccc(C(=O)C(F)(F)F)c3)nc(NCCCN3CCCCC3)c1-2.COC(=O)c1ccc2c(c1)Cc1nc(Cc3cccc(C(O)C(F)(F)F)c3)nc(NCCCN3CCCCC3)c1-2.ClCCl. The van der Waals surface area contributed by atoms with Crippen LogP contribution < -0.4 is 16.0 Å². The Morgan fingerprint density at radius 1 is 0.449 bits per heavy atom. The van der Waals surface area contributed by atoms with Crippen molar-refractivity contribution in [2.24, 2.45) is 0 Å². The van der Waals surface area contributed by atoms with Crippen molar-refractivity contribution in [3.05, 3.63) is 228 Å². The lowest BCUT2D eigenvalue weighted by Crippen LogP contribution is -2.31. The number of halogens is 9. The largest absolute Gasteiger partial charge is 0.465 e. The topological polar surface area (TPSA) is 239 Å². The minimum Gasteiger partial charge on any atom is -0.465 e. The standard InChI is InChI=1S/C30H33F3N4O3.C30H31F3N4O3.C28H31BrN4O2.CH2Cl2/c2*1-40-29(39)21-9-10-23-22(17-21)18-24-26(23)28(34-11-6-14-37-12-3-2-4-13-37)36-25(35-24)16-19-7-5-8-20(15-19)27(38)30(31,32)33;1-35-28(34)20-9-10-23-21(17-20)18-24-26(23)27(30-11-6-14-33-12-3-2-4-13-33)32-25(31-24)16-19-7-5-8-22(29)15-19;2-1-3/h5,7-10,15,17,27,38H,2-4,6,11-14,16,18H2,1H3,(H,34,35,36);5,7-10,15,17H,2-4,6,11-14,16,18H2,1H3,(H,34,35,36);5,7-10,15,17H,2-4,6,11-14,16,18H2,1H3,(H,30,31,32);1H2. The van der Waals surface area contributed by atoms with E-state index in [1.165, 1.54) is 128 Å². The summed E-state index contributed by atoms with van der Waals surface area (Å²) in [5, 5.41) is 20.5. The van der Waals surface area contributed by atoms with Gasteiger partial charge < -0.3 is 50.0 Å². The fraction of sp³-hybridized carbons (Fsp3) is 0.416. The van der Waals surface area contributed by atoms with Gasteiger partial charge in [0.15, 0.2) is 6.10 Å². The average Bonchev–Trinajstić information content (AvgIpc) is 1.61. The number of aromatic nitrogens is 6. The van der Waals surface area contributed by atoms with Gasteiger partial charge in [0, 0.05) is 84.9 Å². The molecule has 6 aliphatic rings. The van der Waals surface area contributed by atoms with Crippen molar-refractivity contribution in [1.29, 1.82) is 0 Å². The van der Waals surface area contributed by atoms with Gasteiger partial charge in [0.05, 0.1) is 60.4 Å². The first-order valence-electron chi connectivity index (χ1n) is 40.1. The van der Waals surface area contributed by atoms with Gasteiger partial charge in [0.2, 0.25) is 0 Å². The number of methoxy groups -OCH3 is 3. The summed E-state index contributed by atoms with van der Waals surface area (Å²) in [6.07, 6.45) is 4.94. The number of benzene rings is 6. The molecule has 3 saturated heterocycles. The summed E-state index contributed by atoms with van der Waals surface area (Å²) >= 11 is 13.1. The third-order valence-corrected chi connectivity index (χ3v) is 22.2. The Balaban J connectivity index is 0.000000160. The molecular weight excluding hydrogens is 1630 g/mol. The molecule has 3 aromatic heterocycles. The number of anilines is 3. The lowest BCUT2D eigenvalue weighted by Gasteiger charge is -2.26. The Labute approximate surface area is 701 Å². The first-order chi connectivity index (χ1) is 57.0. The zero-order valence-corrected chi connectivity index (χ0v) is 69.5. The molecule has 118 heavy (non-hydrogen) atoms. The number of hydrogen-bond donors (Lipinski definition) is 4. The number of nitrogens with one attached hydrogen (secondary N) is 3. The van der Waals surface area contributed by atoms with E-state index in [2.05, 4.69) is 58.7 Å². The molecule has 15 rings (SSSR count). The van der Waals surface area contributed by atoms with Crippen molar-refractivity contribution in [3.63, 3.8) is 0 Å². The van der Waals surface area contributed by atoms with Crippen LogP contribution in [0, 0.1) is 0 Å². The van der Waals surface area contributed by atoms with Crippen LogP contribution in [0.4, 0.5) is 43.8 Å². The van der Waals surface area contributed by atoms with Gasteiger partial charge in [-0.05, 0) is 227 Å². The minimum absolute atomic E-state index is 0.165. The molecule has 6 heterocycles. The van der Waals surface area contributed by atoms with Gasteiger partial charge in [0.25, 0.3) is 5.78 Å². The maximum absolute atomic E-state index is 13.1. The van der Waals surface area contributed by atoms with Crippen molar-refractivity contribution in [3.8, 4) is 33.4 Å². The normalized spacial score (nSPS) is 15.0. The molecule has 1 atom stereocenters. The van der Waals surface area contributed by atoms with E-state index in [9.17, 15) is 50.6 Å². The molecule has 6 aromatic carbocycles. The van der Waals surface area contributed by atoms with Gasteiger partial charge in [-0.1, -0.05) is 108 Å². The monoisotopic (exact) mass is 1720 g/mol. The summed E-state index contributed by atoms with van der Waals surface area (Å²) < 4.78 is 93.9. The van der Waals surface area contributed by atoms with Crippen LogP contribution in [0.25, 0.3) is 33.4 Å². The van der Waals surface area contributed by atoms with E-state index in [1.54, 1.807) is 30.3 Å². The zero-order valence-electron chi connectivity index (χ0n) is 66.4. The molecule has 0 bridgehead atoms. The first kappa shape index (κ1) is 87.8. The molecular formula is C89H97BrCl2F6N12O8. The molecule has 1 unspecified atom stereocenters. The number of ether oxygens (including phenoxy) is 3. The molecule has 0 amide bonds. The van der Waals surface area contributed by atoms with E-state index in [0.717, 1.165) is 161 Å². The first-order valence-corrected chi connectivity index (χ1v) is 42.0. The summed E-state index contributed by atoms with van der Waals surface area (Å²) in [6, 6.07) is 36.2. The second-order valence-corrected chi connectivity index (χ2v) is 31.8. The van der Waals surface area contributed by atoms with Gasteiger partial charge >= 0.3 is 30.3 Å². The van der Waals surface area contributed by atoms with Crippen molar-refractivity contribution in [1.82, 2.24) is 44.6 Å². The Morgan fingerprint density at radius 3 is 1.13 bits per heavy atom. The third-order valence-electron chi connectivity index (χ3n) is 21.7. The lowest BCUT2D eigenvalue weighted by atomic mass is 10.0. The molecule has 624 valence electrons. The highest BCUT2D eigenvalue weighted by Crippen LogP contribution is 2.44. The number of carbonyl (C=O) groups is 4. The lowest BCUT2D eigenvalue weighted by molar-refractivity contribution is -0.206. The van der Waals surface area contributed by atoms with E-state index in [0.29, 0.717) is 89.9 Å². The van der Waals surface area contributed by atoms with Crippen molar-refractivity contribution in [2.75, 3.05) is 121 Å². The summed E-state index contributed by atoms with van der Waals surface area (Å²) in [5.41, 5.74) is 14.4. The maximum Gasteiger partial charge on any atom is 0.454 e. The van der Waals surface area contributed by atoms with Crippen LogP contribution in [-0.2, 0) is 52.7 Å². The maximum atomic E-state index is 13.1. The smallest absolute Gasteiger partial charge is 0.454 e. The third kappa shape index (κ3) is 23.1. The summed E-state index contributed by atoms with van der Waals surface area (Å²) in [6.45, 7) is 12.3. The number of piperidine rings is 3. The molecule has 3 aliphatic heterocycles. The molecule has 0 spiro atoms. The summed E-state index contributed by atoms with van der Waals surface area (Å²) in [5.74, 6) is 0.910. The van der Waals surface area contributed by atoms with Crippen LogP contribution in [0.5, 0.6) is 0 Å². The van der Waals surface area contributed by atoms with Gasteiger partial charge in [-0.3, -0.25) is 4.79 Å². The number of rotatable bonds is 26. The quantitative estimate of drug-likeness (QED) is 0.00984. The highest BCUT2D eigenvalue weighted by Gasteiger charge is 2.41. The second kappa shape index (κ2) is 41.5. The Hall–Kier alpha value is -9.48. The summed E-state index contributed by atoms with van der Waals surface area (Å²) in [4.78, 5) is 84.6. The number of aliphatic hydroxyl groups excluding tert-OH is 1. The number of ketones is 1. The highest BCUT2D eigenvalue weighted by atomic mass is 79.9. The van der Waals surface area contributed by atoms with Crippen LogP contribution in [0.2, 0.25) is 0 Å². The second-order valence-electron chi connectivity index (χ2n) is 30.1. The zero-order chi connectivity index (χ0) is 83.5. The van der Waals surface area contributed by atoms with E-state index in [4.69, 9.17) is 67.3 Å². The highest BCUT2D eigenvalue weighted by molar-refractivity contribution is 9.10. The molecule has 29 heteroatoms. The predicted octanol–water partition coefficient (Wildman–Crippen LogP) is 17.7. The number of likely N-dealkylation sites (tertiary alicyclic amines) is 3. The van der Waals surface area contributed by atoms with Gasteiger partial charge in [-0.15, -0.1) is 23.2 Å². The number of nitrogens with zero attached hydrogens (tertiary/aromatic N) is 9. The molecule has 3 fully saturated rings. The van der Waals surface area contributed by atoms with Crippen molar-refractivity contribution in [2.45, 2.75) is 134 Å². The molecule has 0 radical (unpaired) electrons. The number of fused-ring (bicyclic) bond motifs is 9. The van der Waals surface area contributed by atoms with Crippen molar-refractivity contribution < 1.29 is 64.8 Å². The molecule has 9 aromatic rings. The predicted molar refractivity (Wildman–Crippen MR) is 448 cm³/mol. The molecule has 0 saturated carbocycles. The van der Waals surface area contributed by atoms with E-state index >= 15 is 0 Å². The molecule has 20 nitrogen and oxygen atoms in total. The fourth-order valence-electron chi connectivity index (χ4n) is 16.1. The van der Waals surface area contributed by atoms with E-state index < -0.39 is 41.7 Å². The van der Waals surface area contributed by atoms with Gasteiger partial charge in [0.1, 0.15) is 34.9 Å². The van der Waals surface area contributed by atoms with Crippen LogP contribution in [0.1, 0.15) is 198 Å². The van der Waals surface area contributed by atoms with Crippen molar-refractivity contribution >= 4 is 80.3 Å². The molecule has 4 N–H and O–H groups in total. The van der Waals surface area contributed by atoms with E-state index in [1.807, 2.05) is 48.5 Å². The Morgan fingerprint density at radius 2 is 0.788 bits per heavy atom. The average molecular weight is 1730 g/mol. The number of alkyl halides is 8. The van der Waals surface area contributed by atoms with Crippen LogP contribution >= 0.6 is 39.1 Å². The Bertz CT molecular complexity index is 5020. The van der Waals surface area contributed by atoms with Crippen LogP contribution in [0.15, 0.2) is 132 Å².